The van der Waals surface area contributed by atoms with Crippen molar-refractivity contribution in [2.75, 3.05) is 5.73 Å². The largest absolute Gasteiger partial charge is 0.573 e. The Morgan fingerprint density at radius 3 is 2.63 bits per heavy atom. The van der Waals surface area contributed by atoms with E-state index in [1.54, 1.807) is 18.3 Å². The van der Waals surface area contributed by atoms with E-state index in [1.807, 2.05) is 0 Å². The molecule has 0 saturated carbocycles. The van der Waals surface area contributed by atoms with Crippen LogP contribution in [0, 0.1) is 0 Å². The number of halogens is 4. The van der Waals surface area contributed by atoms with E-state index >= 15 is 0 Å². The Balaban J connectivity index is 2.14. The summed E-state index contributed by atoms with van der Waals surface area (Å²) in [4.78, 5) is 4.85. The molecule has 2 N–H and O–H groups in total. The number of hydrogen-bond acceptors (Lipinski definition) is 4. The fraction of sp³-hybridized carbons (Fsp3) is 0.182. The molecule has 1 heterocycles. The fourth-order valence-electron chi connectivity index (χ4n) is 1.47. The average molecular weight is 353 g/mol. The summed E-state index contributed by atoms with van der Waals surface area (Å²) in [7, 11) is 0. The zero-order valence-electron chi connectivity index (χ0n) is 9.37. The maximum absolute atomic E-state index is 12.1. The molecule has 0 radical (unpaired) electrons. The van der Waals surface area contributed by atoms with Crippen LogP contribution in [0.5, 0.6) is 5.75 Å². The minimum atomic E-state index is -4.70. The van der Waals surface area contributed by atoms with E-state index in [1.165, 1.54) is 17.4 Å². The lowest BCUT2D eigenvalue weighted by atomic mass is 10.1. The molecular weight excluding hydrogens is 345 g/mol. The van der Waals surface area contributed by atoms with Crippen LogP contribution in [-0.2, 0) is 6.42 Å². The first-order chi connectivity index (χ1) is 8.83. The molecule has 0 aliphatic carbocycles. The number of ether oxygens (including phenoxy) is 1. The van der Waals surface area contributed by atoms with Gasteiger partial charge in [0, 0.05) is 17.5 Å². The predicted molar refractivity (Wildman–Crippen MR) is 70.2 cm³/mol. The molecule has 19 heavy (non-hydrogen) atoms. The fourth-order valence-corrected chi connectivity index (χ4v) is 2.69. The summed E-state index contributed by atoms with van der Waals surface area (Å²) in [6.07, 6.45) is -2.50. The second-order valence-corrected chi connectivity index (χ2v) is 5.66. The normalized spacial score (nSPS) is 11.6. The summed E-state index contributed by atoms with van der Waals surface area (Å²) in [6.45, 7) is 0. The Hall–Kier alpha value is -1.28. The zero-order chi connectivity index (χ0) is 14.0. The number of rotatable bonds is 3. The van der Waals surface area contributed by atoms with E-state index in [0.29, 0.717) is 11.6 Å². The molecule has 0 bridgehead atoms. The van der Waals surface area contributed by atoms with Gasteiger partial charge in [0.25, 0.3) is 0 Å². The number of thiazole rings is 1. The summed E-state index contributed by atoms with van der Waals surface area (Å²) in [5.74, 6) is -0.264. The smallest absolute Gasteiger partial charge is 0.405 e. The molecule has 3 nitrogen and oxygen atoms in total. The van der Waals surface area contributed by atoms with Gasteiger partial charge in [0.2, 0.25) is 0 Å². The van der Waals surface area contributed by atoms with Gasteiger partial charge >= 0.3 is 6.36 Å². The average Bonchev–Trinajstić information content (AvgIpc) is 2.66. The number of alkyl halides is 3. The summed E-state index contributed by atoms with van der Waals surface area (Å²) in [5, 5.41) is 0.464. The van der Waals surface area contributed by atoms with E-state index in [-0.39, 0.29) is 10.2 Å². The minimum absolute atomic E-state index is 0.250. The third-order valence-corrected chi connectivity index (χ3v) is 3.62. The molecule has 0 unspecified atom stereocenters. The first-order valence-corrected chi connectivity index (χ1v) is 6.69. The Kier molecular flexibility index (Phi) is 4.00. The third-order valence-electron chi connectivity index (χ3n) is 2.17. The van der Waals surface area contributed by atoms with Crippen molar-refractivity contribution < 1.29 is 17.9 Å². The van der Waals surface area contributed by atoms with Crippen LogP contribution in [-0.4, -0.2) is 11.3 Å². The van der Waals surface area contributed by atoms with Crippen LogP contribution in [0.3, 0.4) is 0 Å². The molecule has 2 aromatic rings. The Labute approximate surface area is 119 Å². The molecule has 1 aromatic heterocycles. The number of aromatic nitrogens is 1. The molecule has 0 aliphatic rings. The van der Waals surface area contributed by atoms with Gasteiger partial charge in [-0.1, -0.05) is 6.07 Å². The van der Waals surface area contributed by atoms with Crippen molar-refractivity contribution in [3.8, 4) is 5.75 Å². The molecule has 2 rings (SSSR count). The van der Waals surface area contributed by atoms with E-state index in [9.17, 15) is 13.2 Å². The molecule has 1 aromatic carbocycles. The van der Waals surface area contributed by atoms with E-state index in [2.05, 4.69) is 25.7 Å². The second-order valence-electron chi connectivity index (χ2n) is 3.65. The van der Waals surface area contributed by atoms with Crippen LogP contribution < -0.4 is 10.5 Å². The summed E-state index contributed by atoms with van der Waals surface area (Å²) >= 11 is 4.40. The lowest BCUT2D eigenvalue weighted by Gasteiger charge is -2.11. The minimum Gasteiger partial charge on any atom is -0.405 e. The molecule has 0 fully saturated rings. The number of benzene rings is 1. The Morgan fingerprint density at radius 1 is 1.37 bits per heavy atom. The Morgan fingerprint density at radius 2 is 2.11 bits per heavy atom. The van der Waals surface area contributed by atoms with Crippen LogP contribution >= 0.6 is 27.3 Å². The molecule has 0 atom stereocenters. The molecule has 0 spiro atoms. The monoisotopic (exact) mass is 352 g/mol. The van der Waals surface area contributed by atoms with Gasteiger partial charge in [-0.3, -0.25) is 0 Å². The highest BCUT2D eigenvalue weighted by Crippen LogP contribution is 2.32. The van der Waals surface area contributed by atoms with Crippen molar-refractivity contribution in [3.05, 3.63) is 39.3 Å². The number of nitrogens with zero attached hydrogens (tertiary/aromatic N) is 1. The predicted octanol–water partition coefficient (Wildman–Crippen LogP) is 3.98. The van der Waals surface area contributed by atoms with Gasteiger partial charge in [-0.15, -0.1) is 24.5 Å². The number of hydrogen-bond donors (Lipinski definition) is 1. The van der Waals surface area contributed by atoms with Gasteiger partial charge < -0.3 is 10.5 Å². The van der Waals surface area contributed by atoms with Crippen molar-refractivity contribution in [1.29, 1.82) is 0 Å². The molecule has 0 aliphatic heterocycles. The van der Waals surface area contributed by atoms with Gasteiger partial charge in [-0.2, -0.15) is 0 Å². The standard InChI is InChI=1S/C11H8BrF3N2OS/c12-8-4-6(3-7-5-17-10(16)19-7)1-2-9(8)18-11(13,14)15/h1-2,4-5H,3H2,(H2,16,17). The molecule has 0 amide bonds. The van der Waals surface area contributed by atoms with Crippen molar-refractivity contribution in [3.63, 3.8) is 0 Å². The Bertz CT molecular complexity index is 586. The van der Waals surface area contributed by atoms with Crippen LogP contribution in [0.1, 0.15) is 10.4 Å². The SMILES string of the molecule is Nc1ncc(Cc2ccc(OC(F)(F)F)c(Br)c2)s1. The van der Waals surface area contributed by atoms with Crippen LogP contribution in [0.25, 0.3) is 0 Å². The maximum atomic E-state index is 12.1. The van der Waals surface area contributed by atoms with E-state index < -0.39 is 6.36 Å². The van der Waals surface area contributed by atoms with Crippen molar-refractivity contribution in [1.82, 2.24) is 4.98 Å². The highest BCUT2D eigenvalue weighted by Gasteiger charge is 2.31. The van der Waals surface area contributed by atoms with Gasteiger partial charge in [0.1, 0.15) is 5.75 Å². The number of nitrogens with two attached hydrogens (primary N) is 1. The van der Waals surface area contributed by atoms with Gasteiger partial charge in [-0.25, -0.2) is 4.98 Å². The highest BCUT2D eigenvalue weighted by atomic mass is 79.9. The maximum Gasteiger partial charge on any atom is 0.573 e. The quantitative estimate of drug-likeness (QED) is 0.908. The first-order valence-electron chi connectivity index (χ1n) is 5.08. The van der Waals surface area contributed by atoms with Crippen LogP contribution in [0.15, 0.2) is 28.9 Å². The lowest BCUT2D eigenvalue weighted by molar-refractivity contribution is -0.274. The highest BCUT2D eigenvalue weighted by molar-refractivity contribution is 9.10. The van der Waals surface area contributed by atoms with Gasteiger partial charge in [-0.05, 0) is 33.6 Å². The van der Waals surface area contributed by atoms with Crippen LogP contribution in [0.2, 0.25) is 0 Å². The summed E-state index contributed by atoms with van der Waals surface area (Å²) in [6, 6.07) is 4.43. The van der Waals surface area contributed by atoms with Crippen molar-refractivity contribution >= 4 is 32.4 Å². The van der Waals surface area contributed by atoms with Crippen molar-refractivity contribution in [2.24, 2.45) is 0 Å². The molecule has 102 valence electrons. The first kappa shape index (κ1) is 14.1. The number of anilines is 1. The van der Waals surface area contributed by atoms with Crippen LogP contribution in [0.4, 0.5) is 18.3 Å². The lowest BCUT2D eigenvalue weighted by Crippen LogP contribution is -2.17. The van der Waals surface area contributed by atoms with Gasteiger partial charge in [0.05, 0.1) is 4.47 Å². The summed E-state index contributed by atoms with van der Waals surface area (Å²) in [5.41, 5.74) is 6.35. The van der Waals surface area contributed by atoms with E-state index in [0.717, 1.165) is 10.4 Å². The van der Waals surface area contributed by atoms with Gasteiger partial charge in [0.15, 0.2) is 5.13 Å². The van der Waals surface area contributed by atoms with E-state index in [4.69, 9.17) is 5.73 Å². The third kappa shape index (κ3) is 4.10. The number of nitrogen functional groups attached to an aromatic ring is 1. The summed E-state index contributed by atoms with van der Waals surface area (Å²) < 4.78 is 40.4. The topological polar surface area (TPSA) is 48.1 Å². The second kappa shape index (κ2) is 5.38. The van der Waals surface area contributed by atoms with Crippen molar-refractivity contribution in [2.45, 2.75) is 12.8 Å². The zero-order valence-corrected chi connectivity index (χ0v) is 11.8. The molecular formula is C11H8BrF3N2OS. The molecule has 0 saturated heterocycles. The molecule has 8 heteroatoms.